The molecular formula is C24H21FN4O4. The molecule has 8 nitrogen and oxygen atoms in total. The number of amides is 3. The van der Waals surface area contributed by atoms with E-state index in [4.69, 9.17) is 4.74 Å². The average Bonchev–Trinajstić information content (AvgIpc) is 3.33. The summed E-state index contributed by atoms with van der Waals surface area (Å²) in [6.07, 6.45) is 2.12. The number of carbonyl (C=O) groups excluding carboxylic acids is 3. The summed E-state index contributed by atoms with van der Waals surface area (Å²) in [5.41, 5.74) is 3.56. The molecule has 2 aromatic carbocycles. The monoisotopic (exact) mass is 448 g/mol. The van der Waals surface area contributed by atoms with Gasteiger partial charge in [0.1, 0.15) is 17.6 Å². The van der Waals surface area contributed by atoms with E-state index >= 15 is 0 Å². The normalized spacial score (nSPS) is 17.8. The zero-order valence-electron chi connectivity index (χ0n) is 18.1. The smallest absolute Gasteiger partial charge is 0.255 e. The molecule has 1 unspecified atom stereocenters. The lowest BCUT2D eigenvalue weighted by Gasteiger charge is -2.29. The first-order valence-electron chi connectivity index (χ1n) is 10.5. The van der Waals surface area contributed by atoms with Gasteiger partial charge < -0.3 is 14.2 Å². The second kappa shape index (κ2) is 7.84. The Morgan fingerprint density at radius 3 is 2.64 bits per heavy atom. The van der Waals surface area contributed by atoms with Gasteiger partial charge in [0, 0.05) is 42.8 Å². The maximum atomic E-state index is 14.8. The van der Waals surface area contributed by atoms with Crippen LogP contribution in [-0.2, 0) is 23.2 Å². The number of piperidine rings is 1. The SMILES string of the molecule is COc1ccc(-c2c(-c3ccc4c(c3)CN(C3CCC(=O)NC3=O)C4=O)ncn2C)c(F)c1. The van der Waals surface area contributed by atoms with Crippen molar-refractivity contribution in [2.24, 2.45) is 7.05 Å². The number of halogens is 1. The van der Waals surface area contributed by atoms with Crippen molar-refractivity contribution in [3.63, 3.8) is 0 Å². The maximum Gasteiger partial charge on any atom is 0.255 e. The summed E-state index contributed by atoms with van der Waals surface area (Å²) in [7, 11) is 3.27. The molecule has 0 bridgehead atoms. The molecule has 1 atom stereocenters. The highest BCUT2D eigenvalue weighted by Gasteiger charge is 2.39. The third-order valence-electron chi connectivity index (χ3n) is 6.17. The number of hydrogen-bond donors (Lipinski definition) is 1. The number of imide groups is 1. The number of imidazole rings is 1. The summed E-state index contributed by atoms with van der Waals surface area (Å²) in [4.78, 5) is 42.7. The lowest BCUT2D eigenvalue weighted by molar-refractivity contribution is -0.136. The minimum absolute atomic E-state index is 0.201. The van der Waals surface area contributed by atoms with Gasteiger partial charge in [0.2, 0.25) is 11.8 Å². The Hall–Kier alpha value is -4.01. The van der Waals surface area contributed by atoms with Crippen molar-refractivity contribution < 1.29 is 23.5 Å². The minimum atomic E-state index is -0.676. The fraction of sp³-hybridized carbons (Fsp3) is 0.250. The van der Waals surface area contributed by atoms with Crippen molar-refractivity contribution in [3.8, 4) is 28.3 Å². The number of hydrogen-bond acceptors (Lipinski definition) is 5. The first-order valence-corrected chi connectivity index (χ1v) is 10.5. The molecule has 0 spiro atoms. The van der Waals surface area contributed by atoms with Crippen LogP contribution in [0.25, 0.3) is 22.5 Å². The molecule has 3 heterocycles. The molecule has 3 aromatic rings. The predicted octanol–water partition coefficient (Wildman–Crippen LogP) is 2.66. The molecule has 1 saturated heterocycles. The number of benzene rings is 2. The van der Waals surface area contributed by atoms with Crippen molar-refractivity contribution in [1.29, 1.82) is 0 Å². The number of nitrogens with one attached hydrogen (secondary N) is 1. The van der Waals surface area contributed by atoms with Crippen molar-refractivity contribution in [1.82, 2.24) is 19.8 Å². The van der Waals surface area contributed by atoms with Gasteiger partial charge in [0.15, 0.2) is 0 Å². The topological polar surface area (TPSA) is 93.5 Å². The van der Waals surface area contributed by atoms with Gasteiger partial charge in [-0.2, -0.15) is 0 Å². The Balaban J connectivity index is 1.50. The van der Waals surface area contributed by atoms with Crippen molar-refractivity contribution in [2.45, 2.75) is 25.4 Å². The van der Waals surface area contributed by atoms with Crippen LogP contribution in [0.1, 0.15) is 28.8 Å². The van der Waals surface area contributed by atoms with E-state index in [1.54, 1.807) is 42.2 Å². The van der Waals surface area contributed by atoms with E-state index in [0.29, 0.717) is 34.7 Å². The third kappa shape index (κ3) is 3.45. The summed E-state index contributed by atoms with van der Waals surface area (Å²) in [5, 5.41) is 2.30. The molecule has 1 aromatic heterocycles. The molecule has 9 heteroatoms. The van der Waals surface area contributed by atoms with Crippen LogP contribution in [0.5, 0.6) is 5.75 Å². The van der Waals surface area contributed by atoms with E-state index in [-0.39, 0.29) is 24.8 Å². The summed E-state index contributed by atoms with van der Waals surface area (Å²) in [6, 6.07) is 9.33. The number of rotatable bonds is 4. The van der Waals surface area contributed by atoms with Crippen LogP contribution in [0.15, 0.2) is 42.7 Å². The Labute approximate surface area is 189 Å². The van der Waals surface area contributed by atoms with Crippen LogP contribution < -0.4 is 10.1 Å². The molecule has 33 heavy (non-hydrogen) atoms. The zero-order valence-corrected chi connectivity index (χ0v) is 18.1. The lowest BCUT2D eigenvalue weighted by atomic mass is 10.0. The number of methoxy groups -OCH3 is 1. The minimum Gasteiger partial charge on any atom is -0.497 e. The van der Waals surface area contributed by atoms with E-state index in [9.17, 15) is 18.8 Å². The van der Waals surface area contributed by atoms with Gasteiger partial charge in [-0.05, 0) is 36.2 Å². The van der Waals surface area contributed by atoms with Gasteiger partial charge in [-0.1, -0.05) is 6.07 Å². The fourth-order valence-corrected chi connectivity index (χ4v) is 4.50. The highest BCUT2D eigenvalue weighted by molar-refractivity contribution is 6.05. The van der Waals surface area contributed by atoms with Crippen molar-refractivity contribution in [2.75, 3.05) is 7.11 Å². The summed E-state index contributed by atoms with van der Waals surface area (Å²) in [6.45, 7) is 0.257. The number of nitrogens with zero attached hydrogens (tertiary/aromatic N) is 3. The van der Waals surface area contributed by atoms with Gasteiger partial charge in [-0.3, -0.25) is 19.7 Å². The molecule has 3 amide bonds. The number of ether oxygens (including phenoxy) is 1. The molecule has 0 aliphatic carbocycles. The molecule has 0 saturated carbocycles. The second-order valence-electron chi connectivity index (χ2n) is 8.17. The third-order valence-corrected chi connectivity index (χ3v) is 6.17. The Morgan fingerprint density at radius 1 is 1.12 bits per heavy atom. The van der Waals surface area contributed by atoms with Gasteiger partial charge in [0.05, 0.1) is 24.8 Å². The molecule has 2 aliphatic rings. The molecule has 5 rings (SSSR count). The van der Waals surface area contributed by atoms with Gasteiger partial charge in [0.25, 0.3) is 5.91 Å². The lowest BCUT2D eigenvalue weighted by Crippen LogP contribution is -2.52. The molecule has 0 radical (unpaired) electrons. The van der Waals surface area contributed by atoms with Crippen LogP contribution in [0.4, 0.5) is 4.39 Å². The van der Waals surface area contributed by atoms with Crippen LogP contribution in [-0.4, -0.2) is 45.3 Å². The summed E-state index contributed by atoms with van der Waals surface area (Å²) < 4.78 is 21.7. The fourth-order valence-electron chi connectivity index (χ4n) is 4.50. The largest absolute Gasteiger partial charge is 0.497 e. The van der Waals surface area contributed by atoms with Crippen LogP contribution in [0.2, 0.25) is 0 Å². The Kier molecular flexibility index (Phi) is 4.96. The molecule has 1 fully saturated rings. The number of fused-ring (bicyclic) bond motifs is 1. The van der Waals surface area contributed by atoms with E-state index < -0.39 is 17.8 Å². The molecular weight excluding hydrogens is 427 g/mol. The molecule has 2 aliphatic heterocycles. The zero-order chi connectivity index (χ0) is 23.3. The number of aromatic nitrogens is 2. The summed E-state index contributed by atoms with van der Waals surface area (Å²) in [5.74, 6) is -1.02. The first-order chi connectivity index (χ1) is 15.9. The van der Waals surface area contributed by atoms with Gasteiger partial charge in [-0.25, -0.2) is 9.37 Å². The van der Waals surface area contributed by atoms with Crippen LogP contribution in [0, 0.1) is 5.82 Å². The maximum absolute atomic E-state index is 14.8. The number of aryl methyl sites for hydroxylation is 1. The summed E-state index contributed by atoms with van der Waals surface area (Å²) >= 11 is 0. The van der Waals surface area contributed by atoms with Crippen LogP contribution >= 0.6 is 0 Å². The first kappa shape index (κ1) is 20.9. The molecule has 168 valence electrons. The average molecular weight is 448 g/mol. The Morgan fingerprint density at radius 2 is 1.91 bits per heavy atom. The standard InChI is InChI=1S/C24H21FN4O4/c1-28-12-26-21(22(28)17-6-4-15(33-2)10-18(17)25)13-3-5-16-14(9-13)11-29(24(16)32)19-7-8-20(30)27-23(19)31/h3-6,9-10,12,19H,7-8,11H2,1-2H3,(H,27,30,31). The second-order valence-corrected chi connectivity index (χ2v) is 8.17. The van der Waals surface area contributed by atoms with E-state index in [0.717, 1.165) is 11.1 Å². The van der Waals surface area contributed by atoms with E-state index in [2.05, 4.69) is 10.3 Å². The van der Waals surface area contributed by atoms with Gasteiger partial charge in [-0.15, -0.1) is 0 Å². The number of carbonyl (C=O) groups is 3. The van der Waals surface area contributed by atoms with Crippen molar-refractivity contribution in [3.05, 3.63) is 59.7 Å². The van der Waals surface area contributed by atoms with E-state index in [1.807, 2.05) is 6.07 Å². The van der Waals surface area contributed by atoms with Crippen molar-refractivity contribution >= 4 is 17.7 Å². The molecule has 1 N–H and O–H groups in total. The van der Waals surface area contributed by atoms with E-state index in [1.165, 1.54) is 18.1 Å². The van der Waals surface area contributed by atoms with Crippen LogP contribution in [0.3, 0.4) is 0 Å². The highest BCUT2D eigenvalue weighted by atomic mass is 19.1. The Bertz CT molecular complexity index is 1320. The van der Waals surface area contributed by atoms with Gasteiger partial charge >= 0.3 is 0 Å². The highest BCUT2D eigenvalue weighted by Crippen LogP contribution is 2.36. The quantitative estimate of drug-likeness (QED) is 0.620. The predicted molar refractivity (Wildman–Crippen MR) is 117 cm³/mol.